The van der Waals surface area contributed by atoms with Gasteiger partial charge in [0.15, 0.2) is 5.78 Å². The third-order valence-corrected chi connectivity index (χ3v) is 3.87. The fourth-order valence-electron chi connectivity index (χ4n) is 2.33. The molecule has 0 spiro atoms. The van der Waals surface area contributed by atoms with Gasteiger partial charge in [-0.25, -0.2) is 4.57 Å². The molecule has 0 aliphatic carbocycles. The third kappa shape index (κ3) is 4.58. The third-order valence-electron chi connectivity index (χ3n) is 3.43. The molecule has 8 heteroatoms. The molecule has 0 bridgehead atoms. The van der Waals surface area contributed by atoms with Crippen LogP contribution in [0.1, 0.15) is 35.2 Å². The minimum Gasteiger partial charge on any atom is -0.508 e. The Kier molecular flexibility index (Phi) is 5.29. The van der Waals surface area contributed by atoms with E-state index in [0.29, 0.717) is 0 Å². The molecular formula is C16H17O7P. The number of benzene rings is 2. The standard InChI is InChI=1S/C16H17O7P/c1-10(11-4-2-5-12(17)9-11)8-14(19)16-13(18)6-3-7-15(16)23-24(20,21)22/h2-7,9-10,17-18H,8H2,1H3,(H2,20,21,22). The molecule has 4 N–H and O–H groups in total. The lowest BCUT2D eigenvalue weighted by Gasteiger charge is -2.15. The highest BCUT2D eigenvalue weighted by Gasteiger charge is 2.25. The first-order valence-corrected chi connectivity index (χ1v) is 8.59. The van der Waals surface area contributed by atoms with Crippen molar-refractivity contribution in [1.29, 1.82) is 0 Å². The first-order valence-electron chi connectivity index (χ1n) is 7.06. The highest BCUT2D eigenvalue weighted by Crippen LogP contribution is 2.42. The molecule has 2 aromatic rings. The highest BCUT2D eigenvalue weighted by atomic mass is 31.2. The van der Waals surface area contributed by atoms with E-state index in [1.165, 1.54) is 30.3 Å². The van der Waals surface area contributed by atoms with E-state index in [1.54, 1.807) is 19.1 Å². The van der Waals surface area contributed by atoms with E-state index >= 15 is 0 Å². The number of phenols is 2. The molecule has 0 amide bonds. The van der Waals surface area contributed by atoms with Crippen molar-refractivity contribution in [2.45, 2.75) is 19.3 Å². The first kappa shape index (κ1) is 18.0. The van der Waals surface area contributed by atoms with Gasteiger partial charge < -0.3 is 14.7 Å². The van der Waals surface area contributed by atoms with Gasteiger partial charge in [-0.1, -0.05) is 25.1 Å². The van der Waals surface area contributed by atoms with Crippen LogP contribution in [-0.4, -0.2) is 25.8 Å². The van der Waals surface area contributed by atoms with Crippen LogP contribution in [0, 0.1) is 0 Å². The second-order valence-electron chi connectivity index (χ2n) is 5.36. The number of aromatic hydroxyl groups is 2. The zero-order valence-corrected chi connectivity index (χ0v) is 13.7. The highest BCUT2D eigenvalue weighted by molar-refractivity contribution is 7.46. The van der Waals surface area contributed by atoms with Gasteiger partial charge in [-0.05, 0) is 35.7 Å². The molecule has 0 heterocycles. The summed E-state index contributed by atoms with van der Waals surface area (Å²) in [4.78, 5) is 30.3. The SMILES string of the molecule is CC(CC(=O)c1c(O)cccc1OP(=O)(O)O)c1cccc(O)c1. The Hall–Kier alpha value is -2.34. The summed E-state index contributed by atoms with van der Waals surface area (Å²) < 4.78 is 15.5. The predicted molar refractivity (Wildman–Crippen MR) is 86.2 cm³/mol. The van der Waals surface area contributed by atoms with Crippen LogP contribution < -0.4 is 4.52 Å². The zero-order valence-electron chi connectivity index (χ0n) is 12.8. The summed E-state index contributed by atoms with van der Waals surface area (Å²) >= 11 is 0. The van der Waals surface area contributed by atoms with Gasteiger partial charge in [-0.3, -0.25) is 14.6 Å². The van der Waals surface area contributed by atoms with Crippen LogP contribution in [0.25, 0.3) is 0 Å². The summed E-state index contributed by atoms with van der Waals surface area (Å²) in [6.45, 7) is 1.76. The minimum absolute atomic E-state index is 0.0431. The summed E-state index contributed by atoms with van der Waals surface area (Å²) in [7, 11) is -4.87. The molecule has 1 atom stereocenters. The Morgan fingerprint density at radius 1 is 1.17 bits per heavy atom. The molecule has 128 valence electrons. The van der Waals surface area contributed by atoms with Gasteiger partial charge in [-0.2, -0.15) is 0 Å². The van der Waals surface area contributed by atoms with Crippen LogP contribution in [-0.2, 0) is 4.57 Å². The average molecular weight is 352 g/mol. The second-order valence-corrected chi connectivity index (χ2v) is 6.52. The first-order chi connectivity index (χ1) is 11.2. The quantitative estimate of drug-likeness (QED) is 0.465. The number of hydrogen-bond acceptors (Lipinski definition) is 5. The van der Waals surface area contributed by atoms with E-state index in [-0.39, 0.29) is 29.4 Å². The molecule has 0 radical (unpaired) electrons. The fourth-order valence-corrected chi connectivity index (χ4v) is 2.74. The number of phosphoric ester groups is 1. The molecule has 2 rings (SSSR count). The molecule has 0 saturated carbocycles. The van der Waals surface area contributed by atoms with Crippen molar-refractivity contribution < 1.29 is 33.9 Å². The zero-order chi connectivity index (χ0) is 17.9. The Balaban J connectivity index is 2.28. The summed E-state index contributed by atoms with van der Waals surface area (Å²) in [6.07, 6.45) is -0.0431. The lowest BCUT2D eigenvalue weighted by molar-refractivity contribution is 0.0971. The Morgan fingerprint density at radius 3 is 2.46 bits per heavy atom. The van der Waals surface area contributed by atoms with Crippen molar-refractivity contribution in [3.63, 3.8) is 0 Å². The van der Waals surface area contributed by atoms with E-state index in [0.717, 1.165) is 5.56 Å². The summed E-state index contributed by atoms with van der Waals surface area (Å²) in [5, 5.41) is 19.4. The van der Waals surface area contributed by atoms with Crippen LogP contribution in [0.5, 0.6) is 17.2 Å². The smallest absolute Gasteiger partial charge is 0.508 e. The van der Waals surface area contributed by atoms with Crippen LogP contribution >= 0.6 is 7.82 Å². The van der Waals surface area contributed by atoms with E-state index < -0.39 is 19.4 Å². The molecule has 0 aromatic heterocycles. The predicted octanol–water partition coefficient (Wildman–Crippen LogP) is 2.95. The summed E-state index contributed by atoms with van der Waals surface area (Å²) in [5.74, 6) is -1.55. The van der Waals surface area contributed by atoms with Gasteiger partial charge in [-0.15, -0.1) is 0 Å². The Morgan fingerprint density at radius 2 is 1.83 bits per heavy atom. The van der Waals surface area contributed by atoms with Crippen molar-refractivity contribution in [2.24, 2.45) is 0 Å². The molecule has 0 aliphatic rings. The van der Waals surface area contributed by atoms with Gasteiger partial charge >= 0.3 is 7.82 Å². The Labute approximate surface area is 138 Å². The minimum atomic E-state index is -4.87. The van der Waals surface area contributed by atoms with Crippen molar-refractivity contribution in [3.8, 4) is 17.2 Å². The van der Waals surface area contributed by atoms with Gasteiger partial charge in [0, 0.05) is 6.42 Å². The Bertz CT molecular complexity index is 797. The number of carbonyl (C=O) groups is 1. The number of carbonyl (C=O) groups excluding carboxylic acids is 1. The van der Waals surface area contributed by atoms with E-state index in [2.05, 4.69) is 4.52 Å². The van der Waals surface area contributed by atoms with Crippen molar-refractivity contribution >= 4 is 13.6 Å². The maximum Gasteiger partial charge on any atom is 0.524 e. The molecule has 0 saturated heterocycles. The maximum atomic E-state index is 12.5. The van der Waals surface area contributed by atoms with Gasteiger partial charge in [0.1, 0.15) is 22.8 Å². The van der Waals surface area contributed by atoms with E-state index in [4.69, 9.17) is 9.79 Å². The fraction of sp³-hybridized carbons (Fsp3) is 0.188. The molecule has 7 nitrogen and oxygen atoms in total. The number of hydrogen-bond donors (Lipinski definition) is 4. The van der Waals surface area contributed by atoms with Crippen LogP contribution in [0.4, 0.5) is 0 Å². The number of rotatable bonds is 6. The summed E-state index contributed by atoms with van der Waals surface area (Å²) in [6, 6.07) is 10.2. The molecular weight excluding hydrogens is 335 g/mol. The van der Waals surface area contributed by atoms with E-state index in [1.807, 2.05) is 0 Å². The normalized spacial score (nSPS) is 12.6. The van der Waals surface area contributed by atoms with Gasteiger partial charge in [0.2, 0.25) is 0 Å². The monoisotopic (exact) mass is 352 g/mol. The molecule has 0 aliphatic heterocycles. The van der Waals surface area contributed by atoms with E-state index in [9.17, 15) is 19.6 Å². The second kappa shape index (κ2) is 7.05. The number of Topliss-reactive ketones (excluding diaryl/α,β-unsaturated/α-hetero) is 1. The largest absolute Gasteiger partial charge is 0.524 e. The number of phenolic OH excluding ortho intramolecular Hbond substituents is 2. The number of phosphoric acid groups is 1. The summed E-state index contributed by atoms with van der Waals surface area (Å²) in [5.41, 5.74) is 0.434. The number of ketones is 1. The topological polar surface area (TPSA) is 124 Å². The van der Waals surface area contributed by atoms with Gasteiger partial charge in [0.05, 0.1) is 0 Å². The van der Waals surface area contributed by atoms with Crippen LogP contribution in [0.2, 0.25) is 0 Å². The van der Waals surface area contributed by atoms with Crippen LogP contribution in [0.15, 0.2) is 42.5 Å². The lowest BCUT2D eigenvalue weighted by Crippen LogP contribution is -2.07. The molecule has 2 aromatic carbocycles. The molecule has 24 heavy (non-hydrogen) atoms. The van der Waals surface area contributed by atoms with Crippen molar-refractivity contribution in [3.05, 3.63) is 53.6 Å². The van der Waals surface area contributed by atoms with Gasteiger partial charge in [0.25, 0.3) is 0 Å². The maximum absolute atomic E-state index is 12.5. The average Bonchev–Trinajstić information content (AvgIpc) is 2.45. The van der Waals surface area contributed by atoms with Crippen LogP contribution in [0.3, 0.4) is 0 Å². The molecule has 1 unspecified atom stereocenters. The van der Waals surface area contributed by atoms with Crippen molar-refractivity contribution in [2.75, 3.05) is 0 Å². The van der Waals surface area contributed by atoms with Crippen molar-refractivity contribution in [1.82, 2.24) is 0 Å². The molecule has 0 fully saturated rings. The lowest BCUT2D eigenvalue weighted by atomic mass is 9.92.